The molecule has 0 spiro atoms. The van der Waals surface area contributed by atoms with Crippen molar-refractivity contribution in [1.29, 1.82) is 0 Å². The van der Waals surface area contributed by atoms with E-state index < -0.39 is 0 Å². The highest BCUT2D eigenvalue weighted by Gasteiger charge is 2.12. The van der Waals surface area contributed by atoms with Gasteiger partial charge in [0.05, 0.1) is 6.61 Å². The normalized spacial score (nSPS) is 10.3. The molecule has 2 nitrogen and oxygen atoms in total. The summed E-state index contributed by atoms with van der Waals surface area (Å²) in [4.78, 5) is 0. The van der Waals surface area contributed by atoms with Gasteiger partial charge in [-0.1, -0.05) is 18.5 Å². The minimum absolute atomic E-state index is 0.156. The van der Waals surface area contributed by atoms with Crippen LogP contribution in [-0.2, 0) is 0 Å². The molecule has 0 aliphatic carbocycles. The Kier molecular flexibility index (Phi) is 3.64. The van der Waals surface area contributed by atoms with Crippen molar-refractivity contribution in [3.8, 4) is 11.5 Å². The number of hydrogen-bond donors (Lipinski definition) is 1. The second-order valence-electron chi connectivity index (χ2n) is 3.33. The largest absolute Gasteiger partial charge is 0.504 e. The third-order valence-electron chi connectivity index (χ3n) is 2.08. The quantitative estimate of drug-likeness (QED) is 0.835. The van der Waals surface area contributed by atoms with Gasteiger partial charge in [-0.15, -0.1) is 0 Å². The average Bonchev–Trinajstić information content (AvgIpc) is 2.14. The topological polar surface area (TPSA) is 29.5 Å². The van der Waals surface area contributed by atoms with Crippen LogP contribution in [0.2, 0.25) is 5.02 Å². The zero-order chi connectivity index (χ0) is 10.7. The fourth-order valence-corrected chi connectivity index (χ4v) is 1.47. The van der Waals surface area contributed by atoms with Crippen LogP contribution in [-0.4, -0.2) is 11.7 Å². The Balaban J connectivity index is 3.09. The van der Waals surface area contributed by atoms with Crippen molar-refractivity contribution in [2.45, 2.75) is 27.2 Å². The standard InChI is InChI=1S/C11H15ClO2/c1-4-5-14-11-7(2)6-9(12)8(3)10(11)13/h6,13H,4-5H2,1-3H3. The minimum Gasteiger partial charge on any atom is -0.504 e. The molecule has 0 unspecified atom stereocenters. The number of halogens is 1. The first-order valence-electron chi connectivity index (χ1n) is 4.69. The zero-order valence-electron chi connectivity index (χ0n) is 8.72. The molecular weight excluding hydrogens is 200 g/mol. The van der Waals surface area contributed by atoms with Gasteiger partial charge in [-0.3, -0.25) is 0 Å². The molecule has 0 heterocycles. The molecule has 14 heavy (non-hydrogen) atoms. The first kappa shape index (κ1) is 11.2. The summed E-state index contributed by atoms with van der Waals surface area (Å²) in [5.74, 6) is 0.706. The third-order valence-corrected chi connectivity index (χ3v) is 2.47. The van der Waals surface area contributed by atoms with E-state index in [-0.39, 0.29) is 5.75 Å². The van der Waals surface area contributed by atoms with Gasteiger partial charge < -0.3 is 9.84 Å². The van der Waals surface area contributed by atoms with Gasteiger partial charge >= 0.3 is 0 Å². The summed E-state index contributed by atoms with van der Waals surface area (Å²) in [6, 6.07) is 1.81. The molecule has 1 N–H and O–H groups in total. The summed E-state index contributed by atoms with van der Waals surface area (Å²) in [5, 5.41) is 10.3. The van der Waals surface area contributed by atoms with E-state index in [1.165, 1.54) is 0 Å². The van der Waals surface area contributed by atoms with Gasteiger partial charge in [0.15, 0.2) is 11.5 Å². The number of benzene rings is 1. The SMILES string of the molecule is CCCOc1c(C)cc(Cl)c(C)c1O. The van der Waals surface area contributed by atoms with Crippen molar-refractivity contribution in [2.75, 3.05) is 6.61 Å². The van der Waals surface area contributed by atoms with E-state index in [1.54, 1.807) is 6.92 Å². The lowest BCUT2D eigenvalue weighted by Gasteiger charge is -2.12. The Labute approximate surface area is 89.5 Å². The van der Waals surface area contributed by atoms with Crippen LogP contribution >= 0.6 is 11.6 Å². The lowest BCUT2D eigenvalue weighted by Crippen LogP contribution is -1.98. The van der Waals surface area contributed by atoms with Crippen molar-refractivity contribution in [3.05, 3.63) is 22.2 Å². The fraction of sp³-hybridized carbons (Fsp3) is 0.455. The summed E-state index contributed by atoms with van der Waals surface area (Å²) in [6.45, 7) is 6.27. The molecule has 1 aromatic carbocycles. The van der Waals surface area contributed by atoms with Crippen molar-refractivity contribution in [2.24, 2.45) is 0 Å². The van der Waals surface area contributed by atoms with E-state index >= 15 is 0 Å². The number of ether oxygens (including phenoxy) is 1. The molecule has 0 atom stereocenters. The smallest absolute Gasteiger partial charge is 0.164 e. The van der Waals surface area contributed by atoms with Crippen LogP contribution in [0, 0.1) is 13.8 Å². The lowest BCUT2D eigenvalue weighted by atomic mass is 10.1. The Morgan fingerprint density at radius 2 is 2.07 bits per heavy atom. The maximum Gasteiger partial charge on any atom is 0.164 e. The first-order chi connectivity index (χ1) is 6.57. The number of hydrogen-bond acceptors (Lipinski definition) is 2. The van der Waals surface area contributed by atoms with Crippen LogP contribution < -0.4 is 4.74 Å². The summed E-state index contributed by atoms with van der Waals surface area (Å²) in [5.41, 5.74) is 1.54. The number of rotatable bonds is 3. The average molecular weight is 215 g/mol. The predicted molar refractivity (Wildman–Crippen MR) is 58.4 cm³/mol. The highest BCUT2D eigenvalue weighted by molar-refractivity contribution is 6.31. The van der Waals surface area contributed by atoms with Gasteiger partial charge in [0.25, 0.3) is 0 Å². The molecule has 78 valence electrons. The van der Waals surface area contributed by atoms with Crippen molar-refractivity contribution in [1.82, 2.24) is 0 Å². The number of phenolic OH excluding ortho intramolecular Hbond substituents is 1. The number of aromatic hydroxyl groups is 1. The molecule has 1 rings (SSSR count). The van der Waals surface area contributed by atoms with Gasteiger partial charge in [-0.25, -0.2) is 0 Å². The van der Waals surface area contributed by atoms with Crippen LogP contribution in [0.3, 0.4) is 0 Å². The van der Waals surface area contributed by atoms with Gasteiger partial charge in [0.2, 0.25) is 0 Å². The van der Waals surface area contributed by atoms with Gasteiger partial charge in [0, 0.05) is 10.6 Å². The van der Waals surface area contributed by atoms with Crippen LogP contribution in [0.1, 0.15) is 24.5 Å². The molecule has 0 radical (unpaired) electrons. The van der Waals surface area contributed by atoms with Crippen LogP contribution in [0.4, 0.5) is 0 Å². The summed E-state index contributed by atoms with van der Waals surface area (Å²) < 4.78 is 5.44. The Hall–Kier alpha value is -0.890. The predicted octanol–water partition coefficient (Wildman–Crippen LogP) is 3.45. The zero-order valence-corrected chi connectivity index (χ0v) is 9.48. The molecule has 0 amide bonds. The molecule has 0 saturated carbocycles. The highest BCUT2D eigenvalue weighted by atomic mass is 35.5. The summed E-state index contributed by atoms with van der Waals surface area (Å²) >= 11 is 5.91. The summed E-state index contributed by atoms with van der Waals surface area (Å²) in [6.07, 6.45) is 0.917. The van der Waals surface area contributed by atoms with Crippen molar-refractivity contribution >= 4 is 11.6 Å². The highest BCUT2D eigenvalue weighted by Crippen LogP contribution is 2.37. The van der Waals surface area contributed by atoms with Crippen LogP contribution in [0.5, 0.6) is 11.5 Å². The second-order valence-corrected chi connectivity index (χ2v) is 3.73. The minimum atomic E-state index is 0.156. The Morgan fingerprint density at radius 1 is 1.43 bits per heavy atom. The second kappa shape index (κ2) is 4.56. The van der Waals surface area contributed by atoms with Crippen LogP contribution in [0.25, 0.3) is 0 Å². The maximum absolute atomic E-state index is 9.78. The van der Waals surface area contributed by atoms with Crippen LogP contribution in [0.15, 0.2) is 6.07 Å². The number of phenols is 1. The molecular formula is C11H15ClO2. The van der Waals surface area contributed by atoms with E-state index in [1.807, 2.05) is 19.9 Å². The Morgan fingerprint density at radius 3 is 2.64 bits per heavy atom. The molecule has 0 aliphatic heterocycles. The monoisotopic (exact) mass is 214 g/mol. The van der Waals surface area contributed by atoms with E-state index in [4.69, 9.17) is 16.3 Å². The number of aryl methyl sites for hydroxylation is 1. The lowest BCUT2D eigenvalue weighted by molar-refractivity contribution is 0.296. The molecule has 1 aromatic rings. The summed E-state index contributed by atoms with van der Waals surface area (Å²) in [7, 11) is 0. The molecule has 0 saturated heterocycles. The van der Waals surface area contributed by atoms with Gasteiger partial charge in [-0.2, -0.15) is 0 Å². The molecule has 0 bridgehead atoms. The molecule has 0 aromatic heterocycles. The van der Waals surface area contributed by atoms with E-state index in [0.29, 0.717) is 22.9 Å². The van der Waals surface area contributed by atoms with Crippen molar-refractivity contribution < 1.29 is 9.84 Å². The van der Waals surface area contributed by atoms with E-state index in [0.717, 1.165) is 12.0 Å². The maximum atomic E-state index is 9.78. The van der Waals surface area contributed by atoms with Gasteiger partial charge in [0.1, 0.15) is 0 Å². The van der Waals surface area contributed by atoms with Gasteiger partial charge in [-0.05, 0) is 31.9 Å². The third kappa shape index (κ3) is 2.13. The molecule has 0 aliphatic rings. The van der Waals surface area contributed by atoms with E-state index in [9.17, 15) is 5.11 Å². The van der Waals surface area contributed by atoms with Crippen molar-refractivity contribution in [3.63, 3.8) is 0 Å². The fourth-order valence-electron chi connectivity index (χ4n) is 1.22. The molecule has 0 fully saturated rings. The Bertz CT molecular complexity index is 335. The molecule has 3 heteroatoms. The first-order valence-corrected chi connectivity index (χ1v) is 5.07. The van der Waals surface area contributed by atoms with E-state index in [2.05, 4.69) is 0 Å².